The molecule has 2 aromatic carbocycles. The van der Waals surface area contributed by atoms with E-state index in [-0.39, 0.29) is 11.7 Å². The predicted octanol–water partition coefficient (Wildman–Crippen LogP) is 3.74. The molecule has 0 unspecified atom stereocenters. The Balaban J connectivity index is 1.54. The van der Waals surface area contributed by atoms with E-state index in [4.69, 9.17) is 0 Å². The van der Waals surface area contributed by atoms with Crippen LogP contribution in [-0.2, 0) is 13.0 Å². The highest BCUT2D eigenvalue weighted by Crippen LogP contribution is 2.28. The van der Waals surface area contributed by atoms with Crippen LogP contribution < -0.4 is 10.2 Å². The molecule has 27 heavy (non-hydrogen) atoms. The lowest BCUT2D eigenvalue weighted by molar-refractivity contribution is 0.0984. The Morgan fingerprint density at radius 2 is 1.93 bits per heavy atom. The first-order valence-corrected chi connectivity index (χ1v) is 8.84. The Labute approximate surface area is 156 Å². The lowest BCUT2D eigenvalue weighted by atomic mass is 10.2. The van der Waals surface area contributed by atoms with Gasteiger partial charge in [0.15, 0.2) is 0 Å². The zero-order chi connectivity index (χ0) is 18.8. The van der Waals surface area contributed by atoms with Gasteiger partial charge in [0.05, 0.1) is 0 Å². The molecule has 4 rings (SSSR count). The average Bonchev–Trinajstić information content (AvgIpc) is 3.11. The number of fused-ring (bicyclic) bond motifs is 1. The molecule has 0 radical (unpaired) electrons. The van der Waals surface area contributed by atoms with E-state index in [0.717, 1.165) is 17.7 Å². The third-order valence-electron chi connectivity index (χ3n) is 4.58. The van der Waals surface area contributed by atoms with Crippen molar-refractivity contribution in [1.29, 1.82) is 0 Å². The van der Waals surface area contributed by atoms with Crippen LogP contribution in [0.5, 0.6) is 0 Å². The van der Waals surface area contributed by atoms with Gasteiger partial charge in [-0.05, 0) is 42.7 Å². The third-order valence-corrected chi connectivity index (χ3v) is 4.58. The largest absolute Gasteiger partial charge is 0.366 e. The van der Waals surface area contributed by atoms with Crippen molar-refractivity contribution in [3.05, 3.63) is 83.1 Å². The van der Waals surface area contributed by atoms with Gasteiger partial charge in [0, 0.05) is 24.8 Å². The molecule has 2 heterocycles. The Morgan fingerprint density at radius 3 is 2.74 bits per heavy atom. The number of halogens is 1. The Morgan fingerprint density at radius 1 is 1.15 bits per heavy atom. The lowest BCUT2D eigenvalue weighted by Crippen LogP contribution is -2.30. The number of hydrogen-bond donors (Lipinski definition) is 1. The van der Waals surface area contributed by atoms with Crippen molar-refractivity contribution in [2.75, 3.05) is 16.8 Å². The van der Waals surface area contributed by atoms with Crippen molar-refractivity contribution in [2.45, 2.75) is 19.9 Å². The third kappa shape index (κ3) is 3.65. The second-order valence-corrected chi connectivity index (χ2v) is 6.50. The van der Waals surface area contributed by atoms with Crippen molar-refractivity contribution in [1.82, 2.24) is 9.97 Å². The fourth-order valence-electron chi connectivity index (χ4n) is 3.25. The molecule has 1 aromatic heterocycles. The molecule has 0 atom stereocenters. The number of amides is 1. The maximum Gasteiger partial charge on any atom is 0.277 e. The van der Waals surface area contributed by atoms with Crippen LogP contribution in [0.1, 0.15) is 27.4 Å². The summed E-state index contributed by atoms with van der Waals surface area (Å²) in [6.45, 7) is 2.90. The van der Waals surface area contributed by atoms with Crippen molar-refractivity contribution < 1.29 is 9.18 Å². The van der Waals surface area contributed by atoms with E-state index < -0.39 is 0 Å². The maximum absolute atomic E-state index is 13.0. The zero-order valence-corrected chi connectivity index (χ0v) is 14.9. The number of benzene rings is 2. The minimum Gasteiger partial charge on any atom is -0.366 e. The number of rotatable bonds is 4. The summed E-state index contributed by atoms with van der Waals surface area (Å²) in [5.41, 5.74) is 3.40. The van der Waals surface area contributed by atoms with Gasteiger partial charge in [-0.2, -0.15) is 0 Å². The normalized spacial score (nSPS) is 12.7. The van der Waals surface area contributed by atoms with Crippen LogP contribution >= 0.6 is 0 Å². The molecular formula is C21H19FN4O. The number of carbonyl (C=O) groups is 1. The highest BCUT2D eigenvalue weighted by molar-refractivity contribution is 6.06. The van der Waals surface area contributed by atoms with Gasteiger partial charge in [0.2, 0.25) is 0 Å². The van der Waals surface area contributed by atoms with Crippen LogP contribution in [0.15, 0.2) is 54.6 Å². The van der Waals surface area contributed by atoms with Crippen LogP contribution in [-0.4, -0.2) is 22.4 Å². The predicted molar refractivity (Wildman–Crippen MR) is 102 cm³/mol. The number of aromatic nitrogens is 2. The smallest absolute Gasteiger partial charge is 0.277 e. The molecule has 0 aliphatic carbocycles. The van der Waals surface area contributed by atoms with Gasteiger partial charge in [-0.15, -0.1) is 0 Å². The fraction of sp³-hybridized carbons (Fsp3) is 0.190. The van der Waals surface area contributed by atoms with Crippen molar-refractivity contribution >= 4 is 17.4 Å². The average molecular weight is 362 g/mol. The van der Waals surface area contributed by atoms with Crippen molar-refractivity contribution in [2.24, 2.45) is 0 Å². The molecule has 0 fully saturated rings. The summed E-state index contributed by atoms with van der Waals surface area (Å²) in [6.07, 6.45) is 0.849. The first-order valence-electron chi connectivity index (χ1n) is 8.84. The van der Waals surface area contributed by atoms with E-state index in [2.05, 4.69) is 15.3 Å². The molecular weight excluding hydrogens is 343 g/mol. The van der Waals surface area contributed by atoms with E-state index in [0.29, 0.717) is 30.4 Å². The van der Waals surface area contributed by atoms with Gasteiger partial charge in [-0.1, -0.05) is 30.3 Å². The highest BCUT2D eigenvalue weighted by Gasteiger charge is 2.26. The zero-order valence-electron chi connectivity index (χ0n) is 14.9. The summed E-state index contributed by atoms with van der Waals surface area (Å²) in [7, 11) is 0. The van der Waals surface area contributed by atoms with Gasteiger partial charge >= 0.3 is 0 Å². The molecule has 6 heteroatoms. The maximum atomic E-state index is 13.0. The number of carbonyl (C=O) groups excluding carboxylic acids is 1. The van der Waals surface area contributed by atoms with E-state index in [1.165, 1.54) is 17.7 Å². The first-order chi connectivity index (χ1) is 13.1. The quantitative estimate of drug-likeness (QED) is 0.768. The van der Waals surface area contributed by atoms with Gasteiger partial charge in [0.25, 0.3) is 5.91 Å². The molecule has 0 bridgehead atoms. The topological polar surface area (TPSA) is 58.1 Å². The molecule has 1 N–H and O–H groups in total. The molecule has 1 amide bonds. The molecule has 136 valence electrons. The van der Waals surface area contributed by atoms with Crippen LogP contribution in [0.4, 0.5) is 15.9 Å². The van der Waals surface area contributed by atoms with E-state index in [1.807, 2.05) is 24.3 Å². The van der Waals surface area contributed by atoms with Crippen LogP contribution in [0, 0.1) is 12.7 Å². The summed E-state index contributed by atoms with van der Waals surface area (Å²) >= 11 is 0. The second kappa shape index (κ2) is 7.15. The number of nitrogens with zero attached hydrogens (tertiary/aromatic N) is 3. The summed E-state index contributed by atoms with van der Waals surface area (Å²) < 4.78 is 13.0. The summed E-state index contributed by atoms with van der Waals surface area (Å²) in [5, 5.41) is 3.18. The molecule has 0 saturated heterocycles. The van der Waals surface area contributed by atoms with Crippen molar-refractivity contribution in [3.8, 4) is 0 Å². The van der Waals surface area contributed by atoms with Crippen LogP contribution in [0.25, 0.3) is 0 Å². The standard InChI is InChI=1S/C21H19FN4O/c1-14-24-18(21(27)26-11-10-16-4-2-3-5-19(16)26)12-20(25-14)23-13-15-6-8-17(22)9-7-15/h2-9,12H,10-11,13H2,1H3,(H,23,24,25). The van der Waals surface area contributed by atoms with Gasteiger partial charge in [-0.3, -0.25) is 4.79 Å². The summed E-state index contributed by atoms with van der Waals surface area (Å²) in [4.78, 5) is 23.4. The van der Waals surface area contributed by atoms with E-state index in [1.54, 1.807) is 30.0 Å². The minimum absolute atomic E-state index is 0.129. The number of para-hydroxylation sites is 1. The molecule has 0 saturated carbocycles. The fourth-order valence-corrected chi connectivity index (χ4v) is 3.25. The highest BCUT2D eigenvalue weighted by atomic mass is 19.1. The van der Waals surface area contributed by atoms with Gasteiger partial charge < -0.3 is 10.2 Å². The summed E-state index contributed by atoms with van der Waals surface area (Å²) in [5.74, 6) is 0.697. The van der Waals surface area contributed by atoms with E-state index >= 15 is 0 Å². The van der Waals surface area contributed by atoms with Crippen LogP contribution in [0.3, 0.4) is 0 Å². The molecule has 1 aliphatic rings. The number of hydrogen-bond acceptors (Lipinski definition) is 4. The Bertz CT molecular complexity index is 988. The molecule has 3 aromatic rings. The monoisotopic (exact) mass is 362 g/mol. The van der Waals surface area contributed by atoms with Gasteiger partial charge in [-0.25, -0.2) is 14.4 Å². The molecule has 1 aliphatic heterocycles. The Hall–Kier alpha value is -3.28. The van der Waals surface area contributed by atoms with Gasteiger partial charge in [0.1, 0.15) is 23.2 Å². The number of aryl methyl sites for hydroxylation is 1. The number of anilines is 2. The second-order valence-electron chi connectivity index (χ2n) is 6.50. The Kier molecular flexibility index (Phi) is 4.54. The lowest BCUT2D eigenvalue weighted by Gasteiger charge is -2.17. The molecule has 5 nitrogen and oxygen atoms in total. The van der Waals surface area contributed by atoms with Crippen LogP contribution in [0.2, 0.25) is 0 Å². The molecule has 0 spiro atoms. The number of nitrogens with one attached hydrogen (secondary N) is 1. The van der Waals surface area contributed by atoms with Crippen molar-refractivity contribution in [3.63, 3.8) is 0 Å². The SMILES string of the molecule is Cc1nc(NCc2ccc(F)cc2)cc(C(=O)N2CCc3ccccc32)n1. The van der Waals surface area contributed by atoms with E-state index in [9.17, 15) is 9.18 Å². The summed E-state index contributed by atoms with van der Waals surface area (Å²) in [6, 6.07) is 15.9. The minimum atomic E-state index is -0.268. The first kappa shape index (κ1) is 17.1.